The van der Waals surface area contributed by atoms with E-state index < -0.39 is 0 Å². The number of anilines is 2. The van der Waals surface area contributed by atoms with E-state index in [2.05, 4.69) is 10.1 Å². The molecule has 1 aromatic rings. The largest absolute Gasteiger partial charge is 0.465 e. The van der Waals surface area contributed by atoms with Crippen LogP contribution in [0.2, 0.25) is 0 Å². The molecular weight excluding hydrogens is 232 g/mol. The summed E-state index contributed by atoms with van der Waals surface area (Å²) in [5.74, 6) is -0.381. The van der Waals surface area contributed by atoms with Crippen LogP contribution < -0.4 is 11.1 Å². The van der Waals surface area contributed by atoms with E-state index in [1.807, 2.05) is 0 Å². The molecule has 0 atom stereocenters. The van der Waals surface area contributed by atoms with Crippen LogP contribution in [0.25, 0.3) is 0 Å². The molecular formula is C13H20N2O3. The maximum atomic E-state index is 11.3. The molecule has 1 aromatic carbocycles. The smallest absolute Gasteiger partial charge is 0.337 e. The topological polar surface area (TPSA) is 73.6 Å². The van der Waals surface area contributed by atoms with Crippen LogP contribution in [0, 0.1) is 0 Å². The second kappa shape index (κ2) is 7.55. The van der Waals surface area contributed by atoms with E-state index in [4.69, 9.17) is 10.5 Å². The van der Waals surface area contributed by atoms with Crippen LogP contribution in [-0.2, 0) is 9.47 Å². The van der Waals surface area contributed by atoms with Gasteiger partial charge in [0, 0.05) is 20.3 Å². The fourth-order valence-corrected chi connectivity index (χ4v) is 1.56. The number of hydrogen-bond acceptors (Lipinski definition) is 5. The first-order chi connectivity index (χ1) is 8.69. The van der Waals surface area contributed by atoms with Gasteiger partial charge in [-0.25, -0.2) is 4.79 Å². The van der Waals surface area contributed by atoms with Crippen molar-refractivity contribution in [2.45, 2.75) is 12.8 Å². The average molecular weight is 252 g/mol. The summed E-state index contributed by atoms with van der Waals surface area (Å²) in [6.45, 7) is 1.59. The Labute approximate surface area is 107 Å². The molecule has 0 fully saturated rings. The number of methoxy groups -OCH3 is 2. The number of benzene rings is 1. The number of carbonyl (C=O) groups excluding carboxylic acids is 1. The normalized spacial score (nSPS) is 10.1. The molecule has 5 nitrogen and oxygen atoms in total. The molecule has 0 aliphatic rings. The maximum Gasteiger partial charge on any atom is 0.337 e. The monoisotopic (exact) mass is 252 g/mol. The lowest BCUT2D eigenvalue weighted by atomic mass is 10.1. The number of hydrogen-bond donors (Lipinski definition) is 2. The minimum atomic E-state index is -0.381. The minimum Gasteiger partial charge on any atom is -0.465 e. The predicted octanol–water partition coefficient (Wildman–Crippen LogP) is 1.89. The van der Waals surface area contributed by atoms with Crippen molar-refractivity contribution in [2.75, 3.05) is 38.4 Å². The highest BCUT2D eigenvalue weighted by Gasteiger charge is 2.07. The van der Waals surface area contributed by atoms with Crippen molar-refractivity contribution in [3.63, 3.8) is 0 Å². The zero-order valence-corrected chi connectivity index (χ0v) is 10.9. The summed E-state index contributed by atoms with van der Waals surface area (Å²) in [5, 5.41) is 3.22. The Kier molecular flexibility index (Phi) is 6.00. The molecule has 0 heterocycles. The van der Waals surface area contributed by atoms with Gasteiger partial charge in [0.1, 0.15) is 0 Å². The first kappa shape index (κ1) is 14.3. The van der Waals surface area contributed by atoms with Gasteiger partial charge in [-0.2, -0.15) is 0 Å². The van der Waals surface area contributed by atoms with Crippen molar-refractivity contribution in [1.29, 1.82) is 0 Å². The van der Waals surface area contributed by atoms with Gasteiger partial charge in [-0.1, -0.05) is 0 Å². The van der Waals surface area contributed by atoms with Crippen LogP contribution in [0.4, 0.5) is 11.4 Å². The average Bonchev–Trinajstić information content (AvgIpc) is 2.39. The van der Waals surface area contributed by atoms with Crippen LogP contribution in [0.15, 0.2) is 18.2 Å². The Morgan fingerprint density at radius 1 is 1.33 bits per heavy atom. The molecule has 5 heteroatoms. The van der Waals surface area contributed by atoms with Crippen molar-refractivity contribution in [3.8, 4) is 0 Å². The summed E-state index contributed by atoms with van der Waals surface area (Å²) in [4.78, 5) is 11.3. The SMILES string of the molecule is COCCCCNc1ccc(C(=O)OC)cc1N. The molecule has 0 saturated heterocycles. The third-order valence-corrected chi connectivity index (χ3v) is 2.56. The van der Waals surface area contributed by atoms with Crippen molar-refractivity contribution < 1.29 is 14.3 Å². The summed E-state index contributed by atoms with van der Waals surface area (Å²) >= 11 is 0. The number of nitrogens with two attached hydrogens (primary N) is 1. The summed E-state index contributed by atoms with van der Waals surface area (Å²) in [6, 6.07) is 5.10. The van der Waals surface area contributed by atoms with E-state index >= 15 is 0 Å². The fourth-order valence-electron chi connectivity index (χ4n) is 1.56. The number of rotatable bonds is 7. The molecule has 0 aromatic heterocycles. The van der Waals surface area contributed by atoms with Gasteiger partial charge in [0.2, 0.25) is 0 Å². The van der Waals surface area contributed by atoms with Crippen LogP contribution in [0.3, 0.4) is 0 Å². The molecule has 1 rings (SSSR count). The molecule has 0 amide bonds. The summed E-state index contributed by atoms with van der Waals surface area (Å²) in [7, 11) is 3.04. The molecule has 0 radical (unpaired) electrons. The van der Waals surface area contributed by atoms with E-state index in [9.17, 15) is 4.79 Å². The van der Waals surface area contributed by atoms with E-state index in [0.29, 0.717) is 11.3 Å². The molecule has 0 aliphatic heterocycles. The second-order valence-electron chi connectivity index (χ2n) is 3.92. The van der Waals surface area contributed by atoms with Gasteiger partial charge in [0.25, 0.3) is 0 Å². The van der Waals surface area contributed by atoms with Crippen molar-refractivity contribution in [1.82, 2.24) is 0 Å². The lowest BCUT2D eigenvalue weighted by Gasteiger charge is -2.10. The van der Waals surface area contributed by atoms with E-state index in [0.717, 1.165) is 31.7 Å². The highest BCUT2D eigenvalue weighted by Crippen LogP contribution is 2.20. The van der Waals surface area contributed by atoms with Crippen molar-refractivity contribution in [2.24, 2.45) is 0 Å². The van der Waals surface area contributed by atoms with Gasteiger partial charge in [-0.05, 0) is 31.0 Å². The number of unbranched alkanes of at least 4 members (excludes halogenated alkanes) is 1. The van der Waals surface area contributed by atoms with Gasteiger partial charge in [-0.15, -0.1) is 0 Å². The van der Waals surface area contributed by atoms with Gasteiger partial charge >= 0.3 is 5.97 Å². The molecule has 0 spiro atoms. The maximum absolute atomic E-state index is 11.3. The van der Waals surface area contributed by atoms with E-state index in [1.54, 1.807) is 25.3 Å². The molecule has 18 heavy (non-hydrogen) atoms. The van der Waals surface area contributed by atoms with E-state index in [1.165, 1.54) is 7.11 Å². The number of esters is 1. The summed E-state index contributed by atoms with van der Waals surface area (Å²) in [6.07, 6.45) is 2.01. The Hall–Kier alpha value is -1.75. The number of nitrogens with one attached hydrogen (secondary N) is 1. The Balaban J connectivity index is 2.49. The molecule has 3 N–H and O–H groups in total. The van der Waals surface area contributed by atoms with Crippen LogP contribution >= 0.6 is 0 Å². The van der Waals surface area contributed by atoms with Crippen LogP contribution in [-0.4, -0.2) is 33.3 Å². The van der Waals surface area contributed by atoms with Crippen molar-refractivity contribution >= 4 is 17.3 Å². The first-order valence-electron chi connectivity index (χ1n) is 5.89. The quantitative estimate of drug-likeness (QED) is 0.440. The zero-order valence-electron chi connectivity index (χ0n) is 10.9. The zero-order chi connectivity index (χ0) is 13.4. The van der Waals surface area contributed by atoms with Gasteiger partial charge < -0.3 is 20.5 Å². The van der Waals surface area contributed by atoms with Gasteiger partial charge in [0.15, 0.2) is 0 Å². The van der Waals surface area contributed by atoms with Crippen LogP contribution in [0.5, 0.6) is 0 Å². The lowest BCUT2D eigenvalue weighted by Crippen LogP contribution is -2.07. The second-order valence-corrected chi connectivity index (χ2v) is 3.92. The molecule has 0 unspecified atom stereocenters. The molecule has 100 valence electrons. The molecule has 0 aliphatic carbocycles. The Morgan fingerprint density at radius 3 is 2.72 bits per heavy atom. The lowest BCUT2D eigenvalue weighted by molar-refractivity contribution is 0.0601. The number of carbonyl (C=O) groups is 1. The standard InChI is InChI=1S/C13H20N2O3/c1-17-8-4-3-7-15-12-6-5-10(9-11(12)14)13(16)18-2/h5-6,9,15H,3-4,7-8,14H2,1-2H3. The first-order valence-corrected chi connectivity index (χ1v) is 5.89. The molecule has 0 saturated carbocycles. The molecule has 0 bridgehead atoms. The van der Waals surface area contributed by atoms with Crippen molar-refractivity contribution in [3.05, 3.63) is 23.8 Å². The third-order valence-electron chi connectivity index (χ3n) is 2.56. The highest BCUT2D eigenvalue weighted by atomic mass is 16.5. The third kappa shape index (κ3) is 4.25. The van der Waals surface area contributed by atoms with Crippen LogP contribution in [0.1, 0.15) is 23.2 Å². The van der Waals surface area contributed by atoms with Gasteiger partial charge in [0.05, 0.1) is 24.0 Å². The highest BCUT2D eigenvalue weighted by molar-refractivity contribution is 5.91. The Morgan fingerprint density at radius 2 is 2.11 bits per heavy atom. The minimum absolute atomic E-state index is 0.381. The number of nitrogen functional groups attached to an aromatic ring is 1. The van der Waals surface area contributed by atoms with Gasteiger partial charge in [-0.3, -0.25) is 0 Å². The Bertz CT molecular complexity index is 394. The summed E-state index contributed by atoms with van der Waals surface area (Å²) < 4.78 is 9.60. The fraction of sp³-hybridized carbons (Fsp3) is 0.462. The predicted molar refractivity (Wildman–Crippen MR) is 71.8 cm³/mol. The summed E-state index contributed by atoms with van der Waals surface area (Å²) in [5.41, 5.74) is 7.70. The number of ether oxygens (including phenoxy) is 2. The van der Waals surface area contributed by atoms with E-state index in [-0.39, 0.29) is 5.97 Å².